The van der Waals surface area contributed by atoms with Gasteiger partial charge in [0.05, 0.1) is 4.92 Å². The molecule has 0 radical (unpaired) electrons. The van der Waals surface area contributed by atoms with E-state index in [-0.39, 0.29) is 18.0 Å². The second-order valence-electron chi connectivity index (χ2n) is 4.09. The summed E-state index contributed by atoms with van der Waals surface area (Å²) in [7, 11) is 0. The number of rotatable bonds is 4. The predicted molar refractivity (Wildman–Crippen MR) is 66.7 cm³/mol. The van der Waals surface area contributed by atoms with Crippen LogP contribution in [0.2, 0.25) is 0 Å². The SMILES string of the molecule is O=[N+]([O-])c1ccc(COc2ccnc(C(F)(F)F)c2)cc1. The lowest BCUT2D eigenvalue weighted by Crippen LogP contribution is -2.08. The van der Waals surface area contributed by atoms with Crippen LogP contribution in [0, 0.1) is 10.1 Å². The molecule has 0 spiro atoms. The Morgan fingerprint density at radius 3 is 2.43 bits per heavy atom. The maximum atomic E-state index is 12.5. The maximum absolute atomic E-state index is 12.5. The lowest BCUT2D eigenvalue weighted by Gasteiger charge is -2.09. The third-order valence-corrected chi connectivity index (χ3v) is 2.57. The molecular weight excluding hydrogens is 289 g/mol. The van der Waals surface area contributed by atoms with Crippen LogP contribution in [-0.2, 0) is 12.8 Å². The molecule has 0 saturated carbocycles. The van der Waals surface area contributed by atoms with Gasteiger partial charge < -0.3 is 4.74 Å². The number of non-ortho nitro benzene ring substituents is 1. The van der Waals surface area contributed by atoms with E-state index in [4.69, 9.17) is 4.74 Å². The number of pyridine rings is 1. The van der Waals surface area contributed by atoms with Gasteiger partial charge in [0.15, 0.2) is 0 Å². The largest absolute Gasteiger partial charge is 0.489 e. The molecule has 0 saturated heterocycles. The Morgan fingerprint density at radius 2 is 1.86 bits per heavy atom. The Labute approximate surface area is 117 Å². The summed E-state index contributed by atoms with van der Waals surface area (Å²) in [5.74, 6) is 0.0238. The summed E-state index contributed by atoms with van der Waals surface area (Å²) in [6, 6.07) is 7.65. The number of nitro groups is 1. The number of nitro benzene ring substituents is 1. The van der Waals surface area contributed by atoms with Gasteiger partial charge in [0, 0.05) is 24.4 Å². The first-order valence-corrected chi connectivity index (χ1v) is 5.75. The molecule has 0 aliphatic heterocycles. The fourth-order valence-electron chi connectivity index (χ4n) is 1.54. The summed E-state index contributed by atoms with van der Waals surface area (Å²) >= 11 is 0. The van der Waals surface area contributed by atoms with Crippen LogP contribution in [0.3, 0.4) is 0 Å². The van der Waals surface area contributed by atoms with E-state index >= 15 is 0 Å². The Bertz CT molecular complexity index is 642. The van der Waals surface area contributed by atoms with Crippen LogP contribution in [0.5, 0.6) is 5.75 Å². The van der Waals surface area contributed by atoms with E-state index in [1.807, 2.05) is 0 Å². The number of benzene rings is 1. The average Bonchev–Trinajstić information content (AvgIpc) is 2.45. The lowest BCUT2D eigenvalue weighted by molar-refractivity contribution is -0.384. The smallest absolute Gasteiger partial charge is 0.433 e. The van der Waals surface area contributed by atoms with Crippen molar-refractivity contribution in [1.29, 1.82) is 0 Å². The Hall–Kier alpha value is -2.64. The molecule has 0 aliphatic carbocycles. The van der Waals surface area contributed by atoms with Crippen molar-refractivity contribution < 1.29 is 22.8 Å². The van der Waals surface area contributed by atoms with Crippen molar-refractivity contribution >= 4 is 5.69 Å². The van der Waals surface area contributed by atoms with Gasteiger partial charge in [-0.25, -0.2) is 0 Å². The summed E-state index contributed by atoms with van der Waals surface area (Å²) in [5, 5.41) is 10.5. The fourth-order valence-corrected chi connectivity index (χ4v) is 1.54. The standard InChI is InChI=1S/C13H9F3N2O3/c14-13(15,16)12-7-11(5-6-17-12)21-8-9-1-3-10(4-2-9)18(19)20/h1-7H,8H2. The van der Waals surface area contributed by atoms with Crippen LogP contribution < -0.4 is 4.74 Å². The number of alkyl halides is 3. The second kappa shape index (κ2) is 5.78. The minimum atomic E-state index is -4.53. The normalized spacial score (nSPS) is 11.2. The van der Waals surface area contributed by atoms with Crippen molar-refractivity contribution in [2.75, 3.05) is 0 Å². The van der Waals surface area contributed by atoms with E-state index in [0.717, 1.165) is 12.3 Å². The van der Waals surface area contributed by atoms with Crippen molar-refractivity contribution in [1.82, 2.24) is 4.98 Å². The third-order valence-electron chi connectivity index (χ3n) is 2.57. The molecule has 1 aromatic carbocycles. The Balaban J connectivity index is 2.04. The summed E-state index contributed by atoms with van der Waals surface area (Å²) in [4.78, 5) is 13.2. The molecule has 0 N–H and O–H groups in total. The molecule has 0 bridgehead atoms. The quantitative estimate of drug-likeness (QED) is 0.639. The summed E-state index contributed by atoms with van der Waals surface area (Å²) in [5.41, 5.74) is -0.503. The molecule has 2 rings (SSSR count). The highest BCUT2D eigenvalue weighted by Crippen LogP contribution is 2.29. The molecule has 0 amide bonds. The first kappa shape index (κ1) is 14.8. The van der Waals surface area contributed by atoms with Crippen molar-refractivity contribution in [3.8, 4) is 5.75 Å². The van der Waals surface area contributed by atoms with Crippen LogP contribution in [0.25, 0.3) is 0 Å². The first-order chi connectivity index (χ1) is 9.86. The zero-order chi connectivity index (χ0) is 15.5. The van der Waals surface area contributed by atoms with Crippen molar-refractivity contribution in [2.45, 2.75) is 12.8 Å². The molecule has 21 heavy (non-hydrogen) atoms. The van der Waals surface area contributed by atoms with Crippen molar-refractivity contribution in [3.63, 3.8) is 0 Å². The molecule has 8 heteroatoms. The number of aromatic nitrogens is 1. The number of hydrogen-bond acceptors (Lipinski definition) is 4. The van der Waals surface area contributed by atoms with Gasteiger partial charge in [-0.2, -0.15) is 13.2 Å². The van der Waals surface area contributed by atoms with Gasteiger partial charge in [-0.1, -0.05) is 0 Å². The van der Waals surface area contributed by atoms with E-state index in [0.29, 0.717) is 5.56 Å². The molecule has 0 unspecified atom stereocenters. The van der Waals surface area contributed by atoms with Crippen LogP contribution in [0.1, 0.15) is 11.3 Å². The molecule has 0 fully saturated rings. The van der Waals surface area contributed by atoms with Crippen LogP contribution in [-0.4, -0.2) is 9.91 Å². The lowest BCUT2D eigenvalue weighted by atomic mass is 10.2. The van der Waals surface area contributed by atoms with Gasteiger partial charge in [0.2, 0.25) is 0 Å². The zero-order valence-electron chi connectivity index (χ0n) is 10.5. The molecule has 5 nitrogen and oxygen atoms in total. The number of nitrogens with zero attached hydrogens (tertiary/aromatic N) is 2. The van der Waals surface area contributed by atoms with Gasteiger partial charge in [0.25, 0.3) is 5.69 Å². The second-order valence-corrected chi connectivity index (χ2v) is 4.09. The molecule has 110 valence electrons. The van der Waals surface area contributed by atoms with E-state index < -0.39 is 16.8 Å². The van der Waals surface area contributed by atoms with E-state index in [1.165, 1.54) is 30.3 Å². The minimum absolute atomic E-state index is 0.000690. The van der Waals surface area contributed by atoms with Gasteiger partial charge in [-0.3, -0.25) is 15.1 Å². The van der Waals surface area contributed by atoms with E-state index in [9.17, 15) is 23.3 Å². The van der Waals surface area contributed by atoms with Crippen LogP contribution in [0.15, 0.2) is 42.6 Å². The van der Waals surface area contributed by atoms with Crippen molar-refractivity contribution in [3.05, 3.63) is 64.0 Å². The highest BCUT2D eigenvalue weighted by Gasteiger charge is 2.32. The molecule has 0 atom stereocenters. The number of ether oxygens (including phenoxy) is 1. The average molecular weight is 298 g/mol. The summed E-state index contributed by atoms with van der Waals surface area (Å²) in [6.07, 6.45) is -3.53. The number of halogens is 3. The first-order valence-electron chi connectivity index (χ1n) is 5.75. The molecule has 1 heterocycles. The third kappa shape index (κ3) is 3.91. The van der Waals surface area contributed by atoms with Gasteiger partial charge in [0.1, 0.15) is 18.1 Å². The minimum Gasteiger partial charge on any atom is -0.489 e. The predicted octanol–water partition coefficient (Wildman–Crippen LogP) is 3.59. The highest BCUT2D eigenvalue weighted by atomic mass is 19.4. The Kier molecular flexibility index (Phi) is 4.06. The Morgan fingerprint density at radius 1 is 1.19 bits per heavy atom. The monoisotopic (exact) mass is 298 g/mol. The molecule has 0 aliphatic rings. The fraction of sp³-hybridized carbons (Fsp3) is 0.154. The van der Waals surface area contributed by atoms with Crippen LogP contribution in [0.4, 0.5) is 18.9 Å². The van der Waals surface area contributed by atoms with Crippen LogP contribution >= 0.6 is 0 Å². The summed E-state index contributed by atoms with van der Waals surface area (Å²) < 4.78 is 42.6. The molecule has 1 aromatic heterocycles. The number of hydrogen-bond donors (Lipinski definition) is 0. The van der Waals surface area contributed by atoms with Gasteiger partial charge >= 0.3 is 6.18 Å². The molecular formula is C13H9F3N2O3. The zero-order valence-corrected chi connectivity index (χ0v) is 10.5. The van der Waals surface area contributed by atoms with Gasteiger partial charge in [-0.05, 0) is 23.8 Å². The van der Waals surface area contributed by atoms with E-state index in [2.05, 4.69) is 4.98 Å². The van der Waals surface area contributed by atoms with Crippen molar-refractivity contribution in [2.24, 2.45) is 0 Å². The van der Waals surface area contributed by atoms with Gasteiger partial charge in [-0.15, -0.1) is 0 Å². The highest BCUT2D eigenvalue weighted by molar-refractivity contribution is 5.33. The maximum Gasteiger partial charge on any atom is 0.433 e. The molecule has 2 aromatic rings. The van der Waals surface area contributed by atoms with E-state index in [1.54, 1.807) is 0 Å². The topological polar surface area (TPSA) is 65.3 Å². The summed E-state index contributed by atoms with van der Waals surface area (Å²) in [6.45, 7) is -0.000690.